The normalized spacial score (nSPS) is 15.0. The van der Waals surface area contributed by atoms with Crippen molar-refractivity contribution in [1.29, 1.82) is 0 Å². The van der Waals surface area contributed by atoms with Crippen molar-refractivity contribution in [2.75, 3.05) is 5.01 Å². The van der Waals surface area contributed by atoms with E-state index in [-0.39, 0.29) is 11.6 Å². The topological polar surface area (TPSA) is 89.0 Å². The maximum absolute atomic E-state index is 12.9. The number of anilines is 1. The van der Waals surface area contributed by atoms with Gasteiger partial charge in [-0.05, 0) is 62.2 Å². The highest BCUT2D eigenvalue weighted by Crippen LogP contribution is 2.29. The third kappa shape index (κ3) is 3.53. The first-order valence-electron chi connectivity index (χ1n) is 9.37. The molecule has 0 atom stereocenters. The van der Waals surface area contributed by atoms with Crippen LogP contribution >= 0.6 is 0 Å². The number of carbonyl (C=O) groups is 1. The summed E-state index contributed by atoms with van der Waals surface area (Å²) in [6.45, 7) is 5.78. The Morgan fingerprint density at radius 3 is 2.57 bits per heavy atom. The standard InChI is InChI=1S/C23H19N3O4/c1-14-7-8-18(11-15(14)2)25-23(27)21(16(3)24-25)13-20-9-10-22(30-20)17-5-4-6-19(12-17)26(28)29/h4-13H,1-3H3/b21-13-. The molecule has 1 aliphatic rings. The maximum Gasteiger partial charge on any atom is 0.280 e. The summed E-state index contributed by atoms with van der Waals surface area (Å²) in [5, 5.41) is 16.8. The second-order valence-corrected chi connectivity index (χ2v) is 7.14. The fourth-order valence-corrected chi connectivity index (χ4v) is 3.22. The number of non-ortho nitro benzene ring substituents is 1. The zero-order chi connectivity index (χ0) is 21.4. The smallest absolute Gasteiger partial charge is 0.280 e. The quantitative estimate of drug-likeness (QED) is 0.338. The highest BCUT2D eigenvalue weighted by molar-refractivity contribution is 6.32. The number of nitro groups is 1. The lowest BCUT2D eigenvalue weighted by molar-refractivity contribution is -0.384. The van der Waals surface area contributed by atoms with Gasteiger partial charge in [-0.3, -0.25) is 14.9 Å². The largest absolute Gasteiger partial charge is 0.457 e. The highest BCUT2D eigenvalue weighted by atomic mass is 16.6. The molecule has 0 saturated heterocycles. The van der Waals surface area contributed by atoms with Crippen LogP contribution in [0.2, 0.25) is 0 Å². The van der Waals surface area contributed by atoms with Crippen LogP contribution < -0.4 is 5.01 Å². The summed E-state index contributed by atoms with van der Waals surface area (Å²) < 4.78 is 5.81. The first kappa shape index (κ1) is 19.3. The van der Waals surface area contributed by atoms with Gasteiger partial charge < -0.3 is 4.42 Å². The lowest BCUT2D eigenvalue weighted by Crippen LogP contribution is -2.21. The van der Waals surface area contributed by atoms with E-state index in [0.717, 1.165) is 11.1 Å². The van der Waals surface area contributed by atoms with Crippen molar-refractivity contribution < 1.29 is 14.1 Å². The van der Waals surface area contributed by atoms with Crippen molar-refractivity contribution in [1.82, 2.24) is 0 Å². The minimum Gasteiger partial charge on any atom is -0.457 e. The van der Waals surface area contributed by atoms with Gasteiger partial charge in [0.15, 0.2) is 0 Å². The highest BCUT2D eigenvalue weighted by Gasteiger charge is 2.29. The van der Waals surface area contributed by atoms with E-state index in [9.17, 15) is 14.9 Å². The predicted molar refractivity (Wildman–Crippen MR) is 115 cm³/mol. The molecule has 1 aromatic heterocycles. The summed E-state index contributed by atoms with van der Waals surface area (Å²) in [7, 11) is 0. The molecule has 1 amide bonds. The fourth-order valence-electron chi connectivity index (χ4n) is 3.22. The average molecular weight is 401 g/mol. The minimum atomic E-state index is -0.451. The van der Waals surface area contributed by atoms with Crippen LogP contribution in [0.25, 0.3) is 17.4 Å². The first-order chi connectivity index (χ1) is 14.3. The van der Waals surface area contributed by atoms with Crippen LogP contribution in [0.15, 0.2) is 69.7 Å². The van der Waals surface area contributed by atoms with Crippen LogP contribution in [0.3, 0.4) is 0 Å². The monoisotopic (exact) mass is 401 g/mol. The SMILES string of the molecule is CC1=NN(c2ccc(C)c(C)c2)C(=O)/C1=C\c1ccc(-c2cccc([N+](=O)[O-])c2)o1. The van der Waals surface area contributed by atoms with E-state index < -0.39 is 4.92 Å². The molecule has 4 rings (SSSR count). The summed E-state index contributed by atoms with van der Waals surface area (Å²) in [6.07, 6.45) is 1.64. The summed E-state index contributed by atoms with van der Waals surface area (Å²) >= 11 is 0. The number of carbonyl (C=O) groups excluding carboxylic acids is 1. The van der Waals surface area contributed by atoms with Crippen molar-refractivity contribution in [2.45, 2.75) is 20.8 Å². The molecule has 0 saturated carbocycles. The molecule has 0 radical (unpaired) electrons. The van der Waals surface area contributed by atoms with Gasteiger partial charge in [0.05, 0.1) is 21.9 Å². The number of hydrogen-bond donors (Lipinski definition) is 0. The number of benzene rings is 2. The number of rotatable bonds is 4. The number of hydrazone groups is 1. The van der Waals surface area contributed by atoms with Gasteiger partial charge >= 0.3 is 0 Å². The van der Waals surface area contributed by atoms with Gasteiger partial charge in [-0.15, -0.1) is 0 Å². The van der Waals surface area contributed by atoms with E-state index in [4.69, 9.17) is 4.42 Å². The Kier molecular flexibility index (Phi) is 4.79. The second-order valence-electron chi connectivity index (χ2n) is 7.14. The number of nitro benzene ring substituents is 1. The van der Waals surface area contributed by atoms with Gasteiger partial charge in [-0.1, -0.05) is 18.2 Å². The average Bonchev–Trinajstić information content (AvgIpc) is 3.30. The molecule has 150 valence electrons. The lowest BCUT2D eigenvalue weighted by Gasteiger charge is -2.13. The molecule has 0 N–H and O–H groups in total. The Hall–Kier alpha value is -4.00. The maximum atomic E-state index is 12.9. The van der Waals surface area contributed by atoms with Crippen LogP contribution in [-0.4, -0.2) is 16.5 Å². The van der Waals surface area contributed by atoms with Crippen LogP contribution in [0.1, 0.15) is 23.8 Å². The number of hydrogen-bond acceptors (Lipinski definition) is 5. The Balaban J connectivity index is 1.62. The van der Waals surface area contributed by atoms with Gasteiger partial charge in [0.25, 0.3) is 11.6 Å². The van der Waals surface area contributed by atoms with Gasteiger partial charge in [0, 0.05) is 17.7 Å². The third-order valence-electron chi connectivity index (χ3n) is 5.05. The third-order valence-corrected chi connectivity index (χ3v) is 5.05. The molecule has 3 aromatic rings. The molecule has 0 unspecified atom stereocenters. The van der Waals surface area contributed by atoms with Gasteiger partial charge in [0.1, 0.15) is 11.5 Å². The Labute approximate surface area is 173 Å². The van der Waals surface area contributed by atoms with Crippen molar-refractivity contribution >= 4 is 29.1 Å². The van der Waals surface area contributed by atoms with E-state index in [1.165, 1.54) is 17.1 Å². The molecule has 7 nitrogen and oxygen atoms in total. The fraction of sp³-hybridized carbons (Fsp3) is 0.130. The number of amides is 1. The Morgan fingerprint density at radius 1 is 1.03 bits per heavy atom. The zero-order valence-electron chi connectivity index (χ0n) is 16.7. The van der Waals surface area contributed by atoms with Crippen molar-refractivity contribution in [3.63, 3.8) is 0 Å². The van der Waals surface area contributed by atoms with Gasteiger partial charge in [0.2, 0.25) is 0 Å². The first-order valence-corrected chi connectivity index (χ1v) is 9.37. The Morgan fingerprint density at radius 2 is 1.83 bits per heavy atom. The molecule has 0 aliphatic carbocycles. The van der Waals surface area contributed by atoms with Crippen LogP contribution in [0.4, 0.5) is 11.4 Å². The summed E-state index contributed by atoms with van der Waals surface area (Å²) in [4.78, 5) is 23.5. The summed E-state index contributed by atoms with van der Waals surface area (Å²) in [6, 6.07) is 15.4. The summed E-state index contributed by atoms with van der Waals surface area (Å²) in [5.74, 6) is 0.719. The molecule has 30 heavy (non-hydrogen) atoms. The lowest BCUT2D eigenvalue weighted by atomic mass is 10.1. The van der Waals surface area contributed by atoms with E-state index in [1.54, 1.807) is 37.3 Å². The number of aryl methyl sites for hydroxylation is 2. The van der Waals surface area contributed by atoms with E-state index >= 15 is 0 Å². The number of nitrogens with zero attached hydrogens (tertiary/aromatic N) is 3. The molecule has 0 bridgehead atoms. The van der Waals surface area contributed by atoms with E-state index in [2.05, 4.69) is 5.10 Å². The molecule has 2 heterocycles. The van der Waals surface area contributed by atoms with Gasteiger partial charge in [-0.25, -0.2) is 0 Å². The van der Waals surface area contributed by atoms with E-state index in [0.29, 0.717) is 34.1 Å². The van der Waals surface area contributed by atoms with Crippen molar-refractivity contribution in [3.05, 3.63) is 87.2 Å². The number of furan rings is 1. The zero-order valence-corrected chi connectivity index (χ0v) is 16.7. The van der Waals surface area contributed by atoms with E-state index in [1.807, 2.05) is 32.0 Å². The Bertz CT molecular complexity index is 1240. The molecule has 0 spiro atoms. The van der Waals surface area contributed by atoms with Gasteiger partial charge in [-0.2, -0.15) is 10.1 Å². The minimum absolute atomic E-state index is 0.0122. The molecule has 2 aromatic carbocycles. The molecular weight excluding hydrogens is 382 g/mol. The van der Waals surface area contributed by atoms with Crippen molar-refractivity contribution in [2.24, 2.45) is 5.10 Å². The van der Waals surface area contributed by atoms with Crippen LogP contribution in [0, 0.1) is 24.0 Å². The molecule has 1 aliphatic heterocycles. The molecular formula is C23H19N3O4. The van der Waals surface area contributed by atoms with Crippen molar-refractivity contribution in [3.8, 4) is 11.3 Å². The molecule has 7 heteroatoms. The summed E-state index contributed by atoms with van der Waals surface area (Å²) in [5.41, 5.74) is 4.54. The predicted octanol–water partition coefficient (Wildman–Crippen LogP) is 5.28. The second kappa shape index (κ2) is 7.44. The molecule has 0 fully saturated rings. The van der Waals surface area contributed by atoms with Crippen LogP contribution in [-0.2, 0) is 4.79 Å². The van der Waals surface area contributed by atoms with Crippen LogP contribution in [0.5, 0.6) is 0 Å².